The van der Waals surface area contributed by atoms with Gasteiger partial charge in [-0.15, -0.1) is 0 Å². The van der Waals surface area contributed by atoms with E-state index in [-0.39, 0.29) is 24.2 Å². The lowest BCUT2D eigenvalue weighted by Gasteiger charge is -2.17. The smallest absolute Gasteiger partial charge is 0.319 e. The molecule has 2 N–H and O–H groups in total. The molecule has 0 saturated carbocycles. The number of nitrogens with zero attached hydrogens (tertiary/aromatic N) is 1. The standard InChI is InChI=1S/C18H17ClFN3O2/c1-11-2-3-12(19)8-16(11)22-18(25)21-14-9-17(24)23(10-14)15-6-4-13(20)5-7-15/h2-8,14H,9-10H2,1H3,(H2,21,22,25). The predicted molar refractivity (Wildman–Crippen MR) is 95.5 cm³/mol. The zero-order valence-corrected chi connectivity index (χ0v) is 14.3. The third-order valence-corrected chi connectivity index (χ3v) is 4.28. The summed E-state index contributed by atoms with van der Waals surface area (Å²) in [5.41, 5.74) is 2.11. The van der Waals surface area contributed by atoms with E-state index in [4.69, 9.17) is 11.6 Å². The molecule has 2 aromatic rings. The van der Waals surface area contributed by atoms with Gasteiger partial charge < -0.3 is 15.5 Å². The number of benzene rings is 2. The Morgan fingerprint density at radius 3 is 2.68 bits per heavy atom. The van der Waals surface area contributed by atoms with Crippen LogP contribution in [0.5, 0.6) is 0 Å². The zero-order chi connectivity index (χ0) is 18.0. The number of aryl methyl sites for hydroxylation is 1. The monoisotopic (exact) mass is 361 g/mol. The molecule has 0 radical (unpaired) electrons. The van der Waals surface area contributed by atoms with Crippen molar-refractivity contribution in [3.63, 3.8) is 0 Å². The van der Waals surface area contributed by atoms with Crippen LogP contribution in [0.25, 0.3) is 0 Å². The van der Waals surface area contributed by atoms with Gasteiger partial charge in [-0.05, 0) is 48.9 Å². The van der Waals surface area contributed by atoms with Gasteiger partial charge in [0.2, 0.25) is 5.91 Å². The summed E-state index contributed by atoms with van der Waals surface area (Å²) in [6.45, 7) is 2.20. The van der Waals surface area contributed by atoms with E-state index in [9.17, 15) is 14.0 Å². The second-order valence-electron chi connectivity index (χ2n) is 5.94. The summed E-state index contributed by atoms with van der Waals surface area (Å²) < 4.78 is 13.0. The fourth-order valence-electron chi connectivity index (χ4n) is 2.75. The van der Waals surface area contributed by atoms with Gasteiger partial charge in [-0.3, -0.25) is 4.79 Å². The van der Waals surface area contributed by atoms with Crippen LogP contribution in [0.3, 0.4) is 0 Å². The Bertz CT molecular complexity index is 810. The first-order chi connectivity index (χ1) is 11.9. The number of hydrogen-bond donors (Lipinski definition) is 2. The maximum atomic E-state index is 13.0. The van der Waals surface area contributed by atoms with E-state index in [0.29, 0.717) is 22.9 Å². The van der Waals surface area contributed by atoms with Gasteiger partial charge in [0.05, 0.1) is 6.04 Å². The van der Waals surface area contributed by atoms with Crippen LogP contribution >= 0.6 is 11.6 Å². The van der Waals surface area contributed by atoms with Crippen molar-refractivity contribution in [2.45, 2.75) is 19.4 Å². The second-order valence-corrected chi connectivity index (χ2v) is 6.38. The number of halogens is 2. The summed E-state index contributed by atoms with van der Waals surface area (Å²) in [5.74, 6) is -0.475. The lowest BCUT2D eigenvalue weighted by Crippen LogP contribution is -2.39. The van der Waals surface area contributed by atoms with E-state index >= 15 is 0 Å². The number of nitrogens with one attached hydrogen (secondary N) is 2. The van der Waals surface area contributed by atoms with Crippen molar-refractivity contribution in [2.24, 2.45) is 0 Å². The van der Waals surface area contributed by atoms with E-state index < -0.39 is 6.03 Å². The van der Waals surface area contributed by atoms with E-state index in [1.54, 1.807) is 24.3 Å². The maximum absolute atomic E-state index is 13.0. The molecular formula is C18H17ClFN3O2. The Hall–Kier alpha value is -2.60. The Balaban J connectivity index is 1.62. The number of hydrogen-bond acceptors (Lipinski definition) is 2. The lowest BCUT2D eigenvalue weighted by atomic mass is 10.2. The maximum Gasteiger partial charge on any atom is 0.319 e. The molecule has 2 aromatic carbocycles. The summed E-state index contributed by atoms with van der Waals surface area (Å²) in [6, 6.07) is 10.2. The molecular weight excluding hydrogens is 345 g/mol. The van der Waals surface area contributed by atoms with Crippen LogP contribution in [0.4, 0.5) is 20.6 Å². The quantitative estimate of drug-likeness (QED) is 0.875. The third-order valence-electron chi connectivity index (χ3n) is 4.05. The Morgan fingerprint density at radius 2 is 1.96 bits per heavy atom. The van der Waals surface area contributed by atoms with Crippen LogP contribution in [0, 0.1) is 12.7 Å². The third kappa shape index (κ3) is 4.09. The molecule has 3 rings (SSSR count). The molecule has 7 heteroatoms. The second kappa shape index (κ2) is 7.11. The van der Waals surface area contributed by atoms with E-state index in [2.05, 4.69) is 10.6 Å². The highest BCUT2D eigenvalue weighted by Gasteiger charge is 2.31. The minimum Gasteiger partial charge on any atom is -0.333 e. The number of rotatable bonds is 3. The molecule has 3 amide bonds. The van der Waals surface area contributed by atoms with Gasteiger partial charge in [0.25, 0.3) is 0 Å². The van der Waals surface area contributed by atoms with Crippen molar-refractivity contribution in [3.8, 4) is 0 Å². The molecule has 0 aliphatic carbocycles. The van der Waals surface area contributed by atoms with Crippen molar-refractivity contribution in [1.29, 1.82) is 0 Å². The normalized spacial score (nSPS) is 16.8. The average molecular weight is 362 g/mol. The van der Waals surface area contributed by atoms with Crippen molar-refractivity contribution in [1.82, 2.24) is 5.32 Å². The summed E-state index contributed by atoms with van der Waals surface area (Å²) in [7, 11) is 0. The minimum atomic E-state index is -0.399. The van der Waals surface area contributed by atoms with Gasteiger partial charge in [-0.1, -0.05) is 17.7 Å². The molecule has 1 fully saturated rings. The zero-order valence-electron chi connectivity index (χ0n) is 13.6. The first-order valence-electron chi connectivity index (χ1n) is 7.82. The van der Waals surface area contributed by atoms with Crippen molar-refractivity contribution in [3.05, 3.63) is 58.9 Å². The molecule has 1 atom stereocenters. The van der Waals surface area contributed by atoms with E-state index in [0.717, 1.165) is 5.56 Å². The predicted octanol–water partition coefficient (Wildman–Crippen LogP) is 3.71. The van der Waals surface area contributed by atoms with E-state index in [1.807, 2.05) is 13.0 Å². The number of carbonyl (C=O) groups excluding carboxylic acids is 2. The van der Waals surface area contributed by atoms with Gasteiger partial charge in [0, 0.05) is 29.4 Å². The highest BCUT2D eigenvalue weighted by molar-refractivity contribution is 6.31. The first kappa shape index (κ1) is 17.2. The molecule has 1 aliphatic heterocycles. The van der Waals surface area contributed by atoms with Gasteiger partial charge in [0.1, 0.15) is 5.82 Å². The molecule has 25 heavy (non-hydrogen) atoms. The van der Waals surface area contributed by atoms with Crippen LogP contribution in [0.15, 0.2) is 42.5 Å². The summed E-state index contributed by atoms with van der Waals surface area (Å²) in [4.78, 5) is 25.9. The molecule has 1 aliphatic rings. The van der Waals surface area contributed by atoms with Crippen LogP contribution < -0.4 is 15.5 Å². The van der Waals surface area contributed by atoms with Crippen LogP contribution in [-0.2, 0) is 4.79 Å². The minimum absolute atomic E-state index is 0.115. The van der Waals surface area contributed by atoms with Crippen LogP contribution in [-0.4, -0.2) is 24.5 Å². The molecule has 1 unspecified atom stereocenters. The van der Waals surface area contributed by atoms with Crippen LogP contribution in [0.2, 0.25) is 5.02 Å². The van der Waals surface area contributed by atoms with Crippen molar-refractivity contribution in [2.75, 3.05) is 16.8 Å². The van der Waals surface area contributed by atoms with Gasteiger partial charge in [-0.25, -0.2) is 9.18 Å². The van der Waals surface area contributed by atoms with Crippen molar-refractivity contribution >= 4 is 34.9 Å². The fraction of sp³-hybridized carbons (Fsp3) is 0.222. The summed E-state index contributed by atoms with van der Waals surface area (Å²) in [6.07, 6.45) is 0.194. The molecule has 0 spiro atoms. The highest BCUT2D eigenvalue weighted by Crippen LogP contribution is 2.23. The van der Waals surface area contributed by atoms with Crippen molar-refractivity contribution < 1.29 is 14.0 Å². The topological polar surface area (TPSA) is 61.4 Å². The largest absolute Gasteiger partial charge is 0.333 e. The van der Waals surface area contributed by atoms with Gasteiger partial charge >= 0.3 is 6.03 Å². The fourth-order valence-corrected chi connectivity index (χ4v) is 2.92. The van der Waals surface area contributed by atoms with Gasteiger partial charge in [-0.2, -0.15) is 0 Å². The summed E-state index contributed by atoms with van der Waals surface area (Å²) >= 11 is 5.94. The number of anilines is 2. The Labute approximate surface area is 149 Å². The molecule has 0 aromatic heterocycles. The Morgan fingerprint density at radius 1 is 1.24 bits per heavy atom. The number of carbonyl (C=O) groups is 2. The highest BCUT2D eigenvalue weighted by atomic mass is 35.5. The van der Waals surface area contributed by atoms with Gasteiger partial charge in [0.15, 0.2) is 0 Å². The molecule has 0 bridgehead atoms. The lowest BCUT2D eigenvalue weighted by molar-refractivity contribution is -0.117. The number of urea groups is 1. The average Bonchev–Trinajstić information content (AvgIpc) is 2.92. The molecule has 5 nitrogen and oxygen atoms in total. The molecule has 130 valence electrons. The number of amides is 3. The van der Waals surface area contributed by atoms with Crippen LogP contribution in [0.1, 0.15) is 12.0 Å². The Kier molecular flexibility index (Phi) is 4.90. The van der Waals surface area contributed by atoms with E-state index in [1.165, 1.54) is 17.0 Å². The summed E-state index contributed by atoms with van der Waals surface area (Å²) in [5, 5.41) is 6.05. The first-order valence-corrected chi connectivity index (χ1v) is 8.20. The molecule has 1 saturated heterocycles. The molecule has 1 heterocycles. The SMILES string of the molecule is Cc1ccc(Cl)cc1NC(=O)NC1CC(=O)N(c2ccc(F)cc2)C1.